The second-order valence-corrected chi connectivity index (χ2v) is 15.2. The normalized spacial score (nSPS) is 13.2. The minimum atomic E-state index is -0.119. The van der Waals surface area contributed by atoms with Crippen LogP contribution < -0.4 is 9.64 Å². The first-order valence-electron chi connectivity index (χ1n) is 18.6. The Morgan fingerprint density at radius 2 is 1.29 bits per heavy atom. The van der Waals surface area contributed by atoms with Crippen LogP contribution in [0, 0.1) is 18.8 Å². The SMILES string of the molecule is CN1[CH-]N(c2[c-]c(Oc3[c-]c4c(cc3)c3ccccc3n4-c3cc4c(cn3)c3ccccc3n4-c3ccccc3)cc(C(C)(C)C)c2)C=C1c1ccccc1.[Pt]. The van der Waals surface area contributed by atoms with Crippen molar-refractivity contribution < 1.29 is 25.8 Å². The molecule has 278 valence electrons. The predicted octanol–water partition coefficient (Wildman–Crippen LogP) is 11.8. The summed E-state index contributed by atoms with van der Waals surface area (Å²) < 4.78 is 11.2. The summed E-state index contributed by atoms with van der Waals surface area (Å²) in [5.41, 5.74) is 9.48. The van der Waals surface area contributed by atoms with Crippen molar-refractivity contribution in [1.82, 2.24) is 19.0 Å². The van der Waals surface area contributed by atoms with Crippen LogP contribution in [0.15, 0.2) is 152 Å². The van der Waals surface area contributed by atoms with E-state index in [1.54, 1.807) is 0 Å². The molecule has 0 atom stereocenters. The largest absolute Gasteiger partial charge is 0.509 e. The van der Waals surface area contributed by atoms with Gasteiger partial charge in [0.1, 0.15) is 5.82 Å². The van der Waals surface area contributed by atoms with E-state index in [0.717, 1.165) is 72.2 Å². The molecule has 7 heteroatoms. The Morgan fingerprint density at radius 3 is 2.02 bits per heavy atom. The predicted molar refractivity (Wildman–Crippen MR) is 225 cm³/mol. The minimum absolute atomic E-state index is 0. The zero-order valence-electron chi connectivity index (χ0n) is 31.5. The van der Waals surface area contributed by atoms with E-state index >= 15 is 0 Å². The van der Waals surface area contributed by atoms with Gasteiger partial charge in [-0.25, -0.2) is 4.98 Å². The number of para-hydroxylation sites is 3. The van der Waals surface area contributed by atoms with Crippen molar-refractivity contribution in [3.05, 3.63) is 182 Å². The molecule has 0 amide bonds. The second-order valence-electron chi connectivity index (χ2n) is 15.2. The van der Waals surface area contributed by atoms with Gasteiger partial charge < -0.3 is 23.7 Å². The zero-order valence-corrected chi connectivity index (χ0v) is 33.7. The van der Waals surface area contributed by atoms with Gasteiger partial charge in [-0.1, -0.05) is 111 Å². The van der Waals surface area contributed by atoms with Crippen LogP contribution in [0.25, 0.3) is 60.8 Å². The maximum Gasteiger partial charge on any atom is 0.137 e. The number of hydrogen-bond donors (Lipinski definition) is 0. The number of hydrogen-bond acceptors (Lipinski definition) is 4. The summed E-state index contributed by atoms with van der Waals surface area (Å²) in [6.07, 6.45) is 4.15. The second kappa shape index (κ2) is 13.9. The number of aromatic nitrogens is 3. The van der Waals surface area contributed by atoms with Crippen LogP contribution in [-0.2, 0) is 26.5 Å². The van der Waals surface area contributed by atoms with E-state index in [-0.39, 0.29) is 26.5 Å². The molecule has 0 unspecified atom stereocenters. The molecule has 9 aromatic rings. The summed E-state index contributed by atoms with van der Waals surface area (Å²) >= 11 is 0. The van der Waals surface area contributed by atoms with Gasteiger partial charge in [-0.2, -0.15) is 12.7 Å². The number of rotatable bonds is 6. The van der Waals surface area contributed by atoms with Crippen molar-refractivity contribution >= 4 is 55.0 Å². The molecule has 0 bridgehead atoms. The molecule has 3 aromatic heterocycles. The first kappa shape index (κ1) is 35.6. The Labute approximate surface area is 341 Å². The van der Waals surface area contributed by atoms with E-state index in [4.69, 9.17) is 9.72 Å². The fourth-order valence-electron chi connectivity index (χ4n) is 7.80. The molecule has 0 fully saturated rings. The monoisotopic (exact) mass is 907 g/mol. The Bertz CT molecular complexity index is 2940. The van der Waals surface area contributed by atoms with Gasteiger partial charge >= 0.3 is 0 Å². The molecule has 0 aliphatic carbocycles. The van der Waals surface area contributed by atoms with Gasteiger partial charge in [-0.15, -0.1) is 47.0 Å². The fraction of sp³-hybridized carbons (Fsp3) is 0.102. The van der Waals surface area contributed by atoms with Crippen molar-refractivity contribution in [1.29, 1.82) is 0 Å². The molecule has 0 saturated heterocycles. The van der Waals surface area contributed by atoms with Crippen molar-refractivity contribution in [2.45, 2.75) is 26.2 Å². The van der Waals surface area contributed by atoms with Gasteiger partial charge in [0, 0.05) is 72.5 Å². The zero-order chi connectivity index (χ0) is 37.3. The Morgan fingerprint density at radius 1 is 0.625 bits per heavy atom. The van der Waals surface area contributed by atoms with Crippen LogP contribution >= 0.6 is 0 Å². The molecular weight excluding hydrogens is 870 g/mol. The molecule has 0 radical (unpaired) electrons. The van der Waals surface area contributed by atoms with E-state index in [1.807, 2.05) is 18.3 Å². The van der Waals surface area contributed by atoms with Gasteiger partial charge in [0.05, 0.1) is 11.0 Å². The number of benzene rings is 6. The summed E-state index contributed by atoms with van der Waals surface area (Å²) in [5.74, 6) is 2.04. The number of fused-ring (bicyclic) bond motifs is 6. The third kappa shape index (κ3) is 6.06. The maximum atomic E-state index is 6.71. The van der Waals surface area contributed by atoms with Gasteiger partial charge in [0.25, 0.3) is 0 Å². The first-order valence-corrected chi connectivity index (χ1v) is 18.6. The van der Waals surface area contributed by atoms with Gasteiger partial charge in [0.2, 0.25) is 0 Å². The summed E-state index contributed by atoms with van der Waals surface area (Å²) in [7, 11) is 2.07. The molecule has 6 nitrogen and oxygen atoms in total. The van der Waals surface area contributed by atoms with Gasteiger partial charge in [-0.3, -0.25) is 0 Å². The molecule has 4 heterocycles. The molecule has 0 N–H and O–H groups in total. The molecule has 56 heavy (non-hydrogen) atoms. The summed E-state index contributed by atoms with van der Waals surface area (Å²) in [6, 6.07) is 55.8. The average Bonchev–Trinajstić information content (AvgIpc) is 3.87. The van der Waals surface area contributed by atoms with Crippen LogP contribution in [0.1, 0.15) is 31.9 Å². The minimum Gasteiger partial charge on any atom is -0.509 e. The van der Waals surface area contributed by atoms with Crippen molar-refractivity contribution in [2.24, 2.45) is 0 Å². The molecule has 1 aliphatic rings. The molecule has 6 aromatic carbocycles. The number of nitrogens with zero attached hydrogens (tertiary/aromatic N) is 5. The number of ether oxygens (including phenoxy) is 1. The van der Waals surface area contributed by atoms with Gasteiger partial charge in [-0.05, 0) is 53.9 Å². The molecular formula is C49H38N5OPt-3. The smallest absolute Gasteiger partial charge is 0.137 e. The number of pyridine rings is 1. The van der Waals surface area contributed by atoms with E-state index in [0.29, 0.717) is 11.5 Å². The Kier molecular flexibility index (Phi) is 8.82. The molecule has 0 spiro atoms. The van der Waals surface area contributed by atoms with Crippen molar-refractivity contribution in [3.63, 3.8) is 0 Å². The van der Waals surface area contributed by atoms with Gasteiger partial charge in [0.15, 0.2) is 0 Å². The van der Waals surface area contributed by atoms with Crippen molar-refractivity contribution in [3.8, 4) is 23.0 Å². The van der Waals surface area contributed by atoms with Crippen LogP contribution in [-0.4, -0.2) is 26.1 Å². The van der Waals surface area contributed by atoms with Crippen LogP contribution in [0.4, 0.5) is 5.69 Å². The third-order valence-corrected chi connectivity index (χ3v) is 10.5. The Hall–Kier alpha value is -6.10. The van der Waals surface area contributed by atoms with Crippen LogP contribution in [0.2, 0.25) is 0 Å². The fourth-order valence-corrected chi connectivity index (χ4v) is 7.80. The van der Waals surface area contributed by atoms with Crippen LogP contribution in [0.3, 0.4) is 0 Å². The summed E-state index contributed by atoms with van der Waals surface area (Å²) in [5, 5.41) is 4.48. The van der Waals surface area contributed by atoms with E-state index in [9.17, 15) is 0 Å². The number of anilines is 1. The summed E-state index contributed by atoms with van der Waals surface area (Å²) in [6.45, 7) is 8.75. The Balaban J connectivity index is 0.00000410. The third-order valence-electron chi connectivity index (χ3n) is 10.5. The first-order chi connectivity index (χ1) is 26.8. The van der Waals surface area contributed by atoms with E-state index in [2.05, 4.69) is 199 Å². The average molecular weight is 908 g/mol. The summed E-state index contributed by atoms with van der Waals surface area (Å²) in [4.78, 5) is 9.37. The van der Waals surface area contributed by atoms with E-state index in [1.165, 1.54) is 5.39 Å². The quantitative estimate of drug-likeness (QED) is 0.156. The van der Waals surface area contributed by atoms with Crippen LogP contribution in [0.5, 0.6) is 11.5 Å². The molecule has 0 saturated carbocycles. The van der Waals surface area contributed by atoms with Crippen molar-refractivity contribution in [2.75, 3.05) is 11.9 Å². The standard InChI is InChI=1S/C49H38N5O.Pt/c1-49(2,3)34-25-36(52-31-47(51(4)32-52)33-15-7-5-8-16-33)27-38(26-34)55-37-23-24-41-39-19-11-14-22-44(39)54(45(41)28-37)48-29-46-42(30-50-48)40-20-12-13-21-43(40)53(46)35-17-9-6-10-18-35;/h5-26,29-32H,1-4H3;/q-3;. The van der Waals surface area contributed by atoms with E-state index < -0.39 is 0 Å². The topological polar surface area (TPSA) is 38.5 Å². The maximum absolute atomic E-state index is 6.71. The molecule has 1 aliphatic heterocycles. The molecule has 10 rings (SSSR count).